The van der Waals surface area contributed by atoms with E-state index in [4.69, 9.17) is 15.3 Å². The Labute approximate surface area is 124 Å². The molecule has 0 saturated heterocycles. The zero-order valence-electron chi connectivity index (χ0n) is 11.3. The standard InChI is InChI=1S/C15H11NO6/c17-13(18)10-3-1-9(2-4-10)6-16-7-11(14(19)20)5-12(8-16)15(21)22/h1-5,7-8H,6H2,(H2-,17,18,19,20,21,22)/p+1. The lowest BCUT2D eigenvalue weighted by molar-refractivity contribution is -0.688. The van der Waals surface area contributed by atoms with Crippen LogP contribution < -0.4 is 4.57 Å². The average Bonchev–Trinajstić information content (AvgIpc) is 2.47. The van der Waals surface area contributed by atoms with Crippen molar-refractivity contribution in [1.29, 1.82) is 0 Å². The Balaban J connectivity index is 2.33. The molecule has 112 valence electrons. The molecule has 0 spiro atoms. The molecule has 22 heavy (non-hydrogen) atoms. The van der Waals surface area contributed by atoms with Crippen molar-refractivity contribution < 1.29 is 34.3 Å². The van der Waals surface area contributed by atoms with Crippen LogP contribution in [0.25, 0.3) is 0 Å². The molecule has 7 heteroatoms. The van der Waals surface area contributed by atoms with Gasteiger partial charge < -0.3 is 15.3 Å². The zero-order chi connectivity index (χ0) is 16.3. The maximum Gasteiger partial charge on any atom is 0.341 e. The van der Waals surface area contributed by atoms with Crippen molar-refractivity contribution >= 4 is 17.9 Å². The maximum absolute atomic E-state index is 11.0. The Bertz CT molecular complexity index is 719. The molecule has 0 aliphatic carbocycles. The van der Waals surface area contributed by atoms with Gasteiger partial charge in [0.25, 0.3) is 0 Å². The lowest BCUT2D eigenvalue weighted by Gasteiger charge is -2.02. The van der Waals surface area contributed by atoms with Crippen LogP contribution in [0.15, 0.2) is 42.7 Å². The van der Waals surface area contributed by atoms with Gasteiger partial charge in [0.15, 0.2) is 18.9 Å². The molecule has 7 nitrogen and oxygen atoms in total. The van der Waals surface area contributed by atoms with Crippen molar-refractivity contribution in [3.05, 3.63) is 65.0 Å². The van der Waals surface area contributed by atoms with E-state index in [1.165, 1.54) is 29.1 Å². The quantitative estimate of drug-likeness (QED) is 0.713. The molecule has 0 saturated carbocycles. The molecule has 0 amide bonds. The zero-order valence-corrected chi connectivity index (χ0v) is 11.3. The Morgan fingerprint density at radius 3 is 1.64 bits per heavy atom. The summed E-state index contributed by atoms with van der Waals surface area (Å²) in [5.74, 6) is -3.49. The smallest absolute Gasteiger partial charge is 0.341 e. The monoisotopic (exact) mass is 302 g/mol. The fourth-order valence-corrected chi connectivity index (χ4v) is 1.93. The molecule has 0 aliphatic rings. The van der Waals surface area contributed by atoms with Crippen molar-refractivity contribution in [3.63, 3.8) is 0 Å². The second-order valence-electron chi connectivity index (χ2n) is 4.60. The lowest BCUT2D eigenvalue weighted by Crippen LogP contribution is -2.36. The predicted octanol–water partition coefficient (Wildman–Crippen LogP) is 1.12. The fraction of sp³-hybridized carbons (Fsp3) is 0.0667. The third-order valence-electron chi connectivity index (χ3n) is 2.98. The first kappa shape index (κ1) is 15.2. The SMILES string of the molecule is O=C(O)c1ccc(C[n+]2cc(C(=O)O)cc(C(=O)O)c2)cc1. The molecule has 0 bridgehead atoms. The van der Waals surface area contributed by atoms with Gasteiger partial charge >= 0.3 is 17.9 Å². The number of aromatic carboxylic acids is 3. The first-order chi connectivity index (χ1) is 10.4. The van der Waals surface area contributed by atoms with Gasteiger partial charge in [-0.3, -0.25) is 0 Å². The fourth-order valence-electron chi connectivity index (χ4n) is 1.93. The highest BCUT2D eigenvalue weighted by atomic mass is 16.4. The van der Waals surface area contributed by atoms with Crippen LogP contribution in [-0.2, 0) is 6.54 Å². The molecular weight excluding hydrogens is 290 g/mol. The van der Waals surface area contributed by atoms with E-state index in [0.717, 1.165) is 6.07 Å². The maximum atomic E-state index is 11.0. The number of hydrogen-bond donors (Lipinski definition) is 3. The molecule has 0 unspecified atom stereocenters. The lowest BCUT2D eigenvalue weighted by atomic mass is 10.1. The molecule has 0 atom stereocenters. The average molecular weight is 302 g/mol. The predicted molar refractivity (Wildman–Crippen MR) is 73.1 cm³/mol. The summed E-state index contributed by atoms with van der Waals surface area (Å²) >= 11 is 0. The van der Waals surface area contributed by atoms with Gasteiger partial charge in [0, 0.05) is 5.56 Å². The molecule has 0 fully saturated rings. The van der Waals surface area contributed by atoms with Crippen LogP contribution >= 0.6 is 0 Å². The van der Waals surface area contributed by atoms with Gasteiger partial charge in [0.1, 0.15) is 11.1 Å². The number of aromatic nitrogens is 1. The van der Waals surface area contributed by atoms with Crippen LogP contribution in [0.3, 0.4) is 0 Å². The van der Waals surface area contributed by atoms with Gasteiger partial charge in [-0.15, -0.1) is 0 Å². The molecule has 1 heterocycles. The van der Waals surface area contributed by atoms with Crippen molar-refractivity contribution in [2.75, 3.05) is 0 Å². The normalized spacial score (nSPS) is 10.2. The van der Waals surface area contributed by atoms with Crippen LogP contribution in [0, 0.1) is 0 Å². The number of nitrogens with zero attached hydrogens (tertiary/aromatic N) is 1. The first-order valence-electron chi connectivity index (χ1n) is 6.20. The number of carbonyl (C=O) groups is 3. The van der Waals surface area contributed by atoms with Crippen molar-refractivity contribution in [2.24, 2.45) is 0 Å². The van der Waals surface area contributed by atoms with Crippen LogP contribution in [-0.4, -0.2) is 33.2 Å². The molecule has 1 aromatic carbocycles. The molecule has 2 rings (SSSR count). The van der Waals surface area contributed by atoms with Crippen LogP contribution in [0.1, 0.15) is 36.6 Å². The summed E-state index contributed by atoms with van der Waals surface area (Å²) in [7, 11) is 0. The van der Waals surface area contributed by atoms with E-state index < -0.39 is 17.9 Å². The first-order valence-corrected chi connectivity index (χ1v) is 6.20. The molecule has 1 aromatic heterocycles. The molecule has 0 radical (unpaired) electrons. The second kappa shape index (κ2) is 6.04. The highest BCUT2D eigenvalue weighted by Gasteiger charge is 2.17. The second-order valence-corrected chi connectivity index (χ2v) is 4.60. The Hall–Kier alpha value is -3.22. The highest BCUT2D eigenvalue weighted by molar-refractivity contribution is 5.92. The number of pyridine rings is 1. The molecular formula is C15H12NO6+. The summed E-state index contributed by atoms with van der Waals surface area (Å²) in [5, 5.41) is 26.8. The minimum atomic E-state index is -1.22. The van der Waals surface area contributed by atoms with Gasteiger partial charge in [-0.1, -0.05) is 12.1 Å². The van der Waals surface area contributed by atoms with Crippen molar-refractivity contribution in [3.8, 4) is 0 Å². The molecule has 3 N–H and O–H groups in total. The summed E-state index contributed by atoms with van der Waals surface area (Å²) in [5.41, 5.74) is 0.581. The summed E-state index contributed by atoms with van der Waals surface area (Å²) in [6.07, 6.45) is 2.64. The Morgan fingerprint density at radius 2 is 1.23 bits per heavy atom. The van der Waals surface area contributed by atoms with Gasteiger partial charge in [0.2, 0.25) is 0 Å². The highest BCUT2D eigenvalue weighted by Crippen LogP contribution is 2.06. The molecule has 2 aromatic rings. The van der Waals surface area contributed by atoms with E-state index in [1.807, 2.05) is 0 Å². The number of carboxylic acids is 3. The van der Waals surface area contributed by atoms with E-state index in [9.17, 15) is 14.4 Å². The topological polar surface area (TPSA) is 116 Å². The number of rotatable bonds is 5. The number of carboxylic acid groups (broad SMARTS) is 3. The summed E-state index contributed by atoms with van der Waals surface area (Å²) in [6.45, 7) is 0.224. The number of hydrogen-bond acceptors (Lipinski definition) is 3. The van der Waals surface area contributed by atoms with E-state index in [-0.39, 0.29) is 23.2 Å². The molecule has 0 aliphatic heterocycles. The van der Waals surface area contributed by atoms with E-state index >= 15 is 0 Å². The Kier molecular flexibility index (Phi) is 4.17. The summed E-state index contributed by atoms with van der Waals surface area (Å²) in [4.78, 5) is 32.8. The van der Waals surface area contributed by atoms with Crippen molar-refractivity contribution in [2.45, 2.75) is 6.54 Å². The third kappa shape index (κ3) is 3.45. The van der Waals surface area contributed by atoms with Crippen LogP contribution in [0.2, 0.25) is 0 Å². The number of benzene rings is 1. The van der Waals surface area contributed by atoms with E-state index in [2.05, 4.69) is 0 Å². The summed E-state index contributed by atoms with van der Waals surface area (Å²) in [6, 6.07) is 7.11. The minimum absolute atomic E-state index is 0.137. The minimum Gasteiger partial charge on any atom is -0.478 e. The third-order valence-corrected chi connectivity index (χ3v) is 2.98. The largest absolute Gasteiger partial charge is 0.478 e. The van der Waals surface area contributed by atoms with Crippen molar-refractivity contribution in [1.82, 2.24) is 0 Å². The van der Waals surface area contributed by atoms with E-state index in [1.54, 1.807) is 12.1 Å². The van der Waals surface area contributed by atoms with Gasteiger partial charge in [-0.25, -0.2) is 14.4 Å². The van der Waals surface area contributed by atoms with Gasteiger partial charge in [0.05, 0.1) is 5.56 Å². The van der Waals surface area contributed by atoms with Crippen LogP contribution in [0.4, 0.5) is 0 Å². The Morgan fingerprint density at radius 1 is 0.773 bits per heavy atom. The van der Waals surface area contributed by atoms with E-state index in [0.29, 0.717) is 5.56 Å². The van der Waals surface area contributed by atoms with Crippen LogP contribution in [0.5, 0.6) is 0 Å². The van der Waals surface area contributed by atoms with Gasteiger partial charge in [-0.2, -0.15) is 4.57 Å². The van der Waals surface area contributed by atoms with Gasteiger partial charge in [-0.05, 0) is 18.2 Å². The summed E-state index contributed by atoms with van der Waals surface area (Å²) < 4.78 is 1.43.